The zero-order valence-electron chi connectivity index (χ0n) is 9.41. The van der Waals surface area contributed by atoms with Gasteiger partial charge in [-0.2, -0.15) is 0 Å². The number of ether oxygens (including phenoxy) is 1. The van der Waals surface area contributed by atoms with Crippen LogP contribution in [0.15, 0.2) is 18.3 Å². The van der Waals surface area contributed by atoms with Crippen LogP contribution in [0.1, 0.15) is 23.8 Å². The van der Waals surface area contributed by atoms with E-state index < -0.39 is 18.2 Å². The molecule has 2 atom stereocenters. The van der Waals surface area contributed by atoms with Crippen LogP contribution in [0.5, 0.6) is 0 Å². The minimum atomic E-state index is -1.27. The maximum atomic E-state index is 10.9. The number of aliphatic hydroxyl groups excluding tert-OH is 3. The summed E-state index contributed by atoms with van der Waals surface area (Å²) in [5, 5.41) is 28.1. The van der Waals surface area contributed by atoms with Crippen molar-refractivity contribution >= 4 is 5.97 Å². The van der Waals surface area contributed by atoms with Crippen molar-refractivity contribution < 1.29 is 24.9 Å². The molecule has 1 heterocycles. The Labute approximate surface area is 98.5 Å². The fraction of sp³-hybridized carbons (Fsp3) is 0.455. The van der Waals surface area contributed by atoms with Gasteiger partial charge < -0.3 is 20.1 Å². The zero-order valence-corrected chi connectivity index (χ0v) is 9.41. The van der Waals surface area contributed by atoms with Gasteiger partial charge >= 0.3 is 5.97 Å². The molecule has 1 aromatic rings. The summed E-state index contributed by atoms with van der Waals surface area (Å²) in [6.45, 7) is -0.145. The number of nitrogens with zero attached hydrogens (tertiary/aromatic N) is 1. The predicted molar refractivity (Wildman–Crippen MR) is 57.8 cm³/mol. The number of rotatable bonds is 5. The number of pyridine rings is 1. The Morgan fingerprint density at radius 3 is 2.65 bits per heavy atom. The third-order valence-corrected chi connectivity index (χ3v) is 2.30. The molecule has 0 amide bonds. The molecule has 0 spiro atoms. The van der Waals surface area contributed by atoms with Crippen molar-refractivity contribution in [2.24, 2.45) is 0 Å². The number of hydrogen-bond acceptors (Lipinski definition) is 6. The Morgan fingerprint density at radius 2 is 2.18 bits per heavy atom. The molecule has 0 saturated heterocycles. The van der Waals surface area contributed by atoms with E-state index in [1.54, 1.807) is 6.07 Å². The first-order valence-electron chi connectivity index (χ1n) is 5.07. The van der Waals surface area contributed by atoms with Crippen LogP contribution in [0.3, 0.4) is 0 Å². The van der Waals surface area contributed by atoms with Crippen LogP contribution in [-0.2, 0) is 16.1 Å². The molecule has 0 radical (unpaired) electrons. The smallest absolute Gasteiger partial charge is 0.308 e. The molecule has 1 rings (SSSR count). The van der Waals surface area contributed by atoms with Gasteiger partial charge in [-0.25, -0.2) is 0 Å². The standard InChI is InChI=1S/C11H15NO5/c1-17-10(15)4-9(14)11(16)8-3-2-7(6-13)5-12-8/h2-3,5,9,11,13-14,16H,4,6H2,1H3. The van der Waals surface area contributed by atoms with Crippen molar-refractivity contribution in [2.45, 2.75) is 25.2 Å². The van der Waals surface area contributed by atoms with Crippen LogP contribution in [0, 0.1) is 0 Å². The molecule has 0 aliphatic rings. The zero-order chi connectivity index (χ0) is 12.8. The number of aliphatic hydroxyl groups is 3. The van der Waals surface area contributed by atoms with Crippen LogP contribution in [0.25, 0.3) is 0 Å². The summed E-state index contributed by atoms with van der Waals surface area (Å²) in [4.78, 5) is 14.8. The Bertz CT molecular complexity index is 365. The van der Waals surface area contributed by atoms with Crippen LogP contribution in [-0.4, -0.2) is 39.5 Å². The van der Waals surface area contributed by atoms with E-state index in [2.05, 4.69) is 9.72 Å². The fourth-order valence-corrected chi connectivity index (χ4v) is 1.27. The van der Waals surface area contributed by atoms with E-state index in [9.17, 15) is 15.0 Å². The van der Waals surface area contributed by atoms with Crippen molar-refractivity contribution in [3.8, 4) is 0 Å². The molecule has 0 fully saturated rings. The predicted octanol–water partition coefficient (Wildman–Crippen LogP) is -0.469. The van der Waals surface area contributed by atoms with Gasteiger partial charge in [0.1, 0.15) is 6.10 Å². The lowest BCUT2D eigenvalue weighted by Gasteiger charge is -2.16. The molecule has 0 aliphatic heterocycles. The molecule has 0 aliphatic carbocycles. The number of methoxy groups -OCH3 is 1. The van der Waals surface area contributed by atoms with Gasteiger partial charge in [-0.3, -0.25) is 9.78 Å². The molecule has 2 unspecified atom stereocenters. The van der Waals surface area contributed by atoms with Crippen molar-refractivity contribution in [3.05, 3.63) is 29.6 Å². The lowest BCUT2D eigenvalue weighted by Crippen LogP contribution is -2.23. The molecule has 3 N–H and O–H groups in total. The minimum absolute atomic E-state index is 0.145. The average molecular weight is 241 g/mol. The number of carbonyl (C=O) groups excluding carboxylic acids is 1. The highest BCUT2D eigenvalue weighted by atomic mass is 16.5. The molecule has 6 heteroatoms. The highest BCUT2D eigenvalue weighted by molar-refractivity contribution is 5.69. The quantitative estimate of drug-likeness (QED) is 0.603. The third kappa shape index (κ3) is 3.77. The summed E-state index contributed by atoms with van der Waals surface area (Å²) in [7, 11) is 1.20. The maximum Gasteiger partial charge on any atom is 0.308 e. The topological polar surface area (TPSA) is 99.9 Å². The average Bonchev–Trinajstić information content (AvgIpc) is 2.37. The molecular weight excluding hydrogens is 226 g/mol. The molecular formula is C11H15NO5. The highest BCUT2D eigenvalue weighted by Crippen LogP contribution is 2.17. The van der Waals surface area contributed by atoms with Gasteiger partial charge in [0.15, 0.2) is 0 Å². The summed E-state index contributed by atoms with van der Waals surface area (Å²) in [5.41, 5.74) is 0.835. The van der Waals surface area contributed by atoms with Gasteiger partial charge in [-0.05, 0) is 11.6 Å². The van der Waals surface area contributed by atoms with Crippen LogP contribution >= 0.6 is 0 Å². The van der Waals surface area contributed by atoms with E-state index in [-0.39, 0.29) is 18.7 Å². The lowest BCUT2D eigenvalue weighted by molar-refractivity contribution is -0.144. The van der Waals surface area contributed by atoms with Gasteiger partial charge in [-0.15, -0.1) is 0 Å². The summed E-state index contributed by atoms with van der Waals surface area (Å²) in [5.74, 6) is -0.608. The fourth-order valence-electron chi connectivity index (χ4n) is 1.27. The van der Waals surface area contributed by atoms with Crippen LogP contribution in [0.4, 0.5) is 0 Å². The second kappa shape index (κ2) is 6.29. The Morgan fingerprint density at radius 1 is 1.47 bits per heavy atom. The van der Waals surface area contributed by atoms with Gasteiger partial charge in [0, 0.05) is 6.20 Å². The first-order valence-corrected chi connectivity index (χ1v) is 5.07. The first-order chi connectivity index (χ1) is 8.08. The molecule has 94 valence electrons. The highest BCUT2D eigenvalue weighted by Gasteiger charge is 2.22. The van der Waals surface area contributed by atoms with E-state index in [0.717, 1.165) is 0 Å². The van der Waals surface area contributed by atoms with E-state index in [0.29, 0.717) is 5.56 Å². The van der Waals surface area contributed by atoms with Crippen molar-refractivity contribution in [3.63, 3.8) is 0 Å². The number of esters is 1. The van der Waals surface area contributed by atoms with Crippen molar-refractivity contribution in [2.75, 3.05) is 7.11 Å². The van der Waals surface area contributed by atoms with E-state index in [1.165, 1.54) is 19.4 Å². The third-order valence-electron chi connectivity index (χ3n) is 2.30. The molecule has 6 nitrogen and oxygen atoms in total. The molecule has 0 saturated carbocycles. The van der Waals surface area contributed by atoms with Crippen LogP contribution < -0.4 is 0 Å². The normalized spacial score (nSPS) is 14.1. The number of hydrogen-bond donors (Lipinski definition) is 3. The summed E-state index contributed by atoms with van der Waals surface area (Å²) < 4.78 is 4.38. The Balaban J connectivity index is 2.67. The molecule has 1 aromatic heterocycles. The maximum absolute atomic E-state index is 10.9. The largest absolute Gasteiger partial charge is 0.469 e. The van der Waals surface area contributed by atoms with Gasteiger partial charge in [0.2, 0.25) is 0 Å². The second-order valence-electron chi connectivity index (χ2n) is 3.54. The molecule has 0 bridgehead atoms. The lowest BCUT2D eigenvalue weighted by atomic mass is 10.1. The minimum Gasteiger partial charge on any atom is -0.469 e. The monoisotopic (exact) mass is 241 g/mol. The van der Waals surface area contributed by atoms with E-state index in [4.69, 9.17) is 5.11 Å². The van der Waals surface area contributed by atoms with Gasteiger partial charge in [0.05, 0.1) is 31.9 Å². The SMILES string of the molecule is COC(=O)CC(O)C(O)c1ccc(CO)cn1. The summed E-state index contributed by atoms with van der Waals surface area (Å²) in [6.07, 6.45) is -1.44. The van der Waals surface area contributed by atoms with Crippen molar-refractivity contribution in [1.82, 2.24) is 4.98 Å². The Kier molecular flexibility index (Phi) is 5.02. The molecule has 0 aromatic carbocycles. The summed E-state index contributed by atoms with van der Waals surface area (Å²) >= 11 is 0. The van der Waals surface area contributed by atoms with Gasteiger partial charge in [0.25, 0.3) is 0 Å². The molecule has 17 heavy (non-hydrogen) atoms. The first kappa shape index (κ1) is 13.6. The number of carbonyl (C=O) groups is 1. The Hall–Kier alpha value is -1.50. The van der Waals surface area contributed by atoms with Crippen molar-refractivity contribution in [1.29, 1.82) is 0 Å². The van der Waals surface area contributed by atoms with E-state index >= 15 is 0 Å². The van der Waals surface area contributed by atoms with Gasteiger partial charge in [-0.1, -0.05) is 6.07 Å². The second-order valence-corrected chi connectivity index (χ2v) is 3.54. The van der Waals surface area contributed by atoms with E-state index in [1.807, 2.05) is 0 Å². The van der Waals surface area contributed by atoms with Crippen LogP contribution in [0.2, 0.25) is 0 Å². The summed E-state index contributed by atoms with van der Waals surface area (Å²) in [6, 6.07) is 3.06. The number of aromatic nitrogens is 1.